The van der Waals surface area contributed by atoms with Gasteiger partial charge in [0.15, 0.2) is 0 Å². The number of hydrogen-bond acceptors (Lipinski definition) is 2. The molecule has 0 aliphatic heterocycles. The average molecular weight is 187 g/mol. The van der Waals surface area contributed by atoms with E-state index in [2.05, 4.69) is 26.1 Å². The molecule has 0 spiro atoms. The molecule has 0 radical (unpaired) electrons. The summed E-state index contributed by atoms with van der Waals surface area (Å²) in [7, 11) is 0. The maximum Gasteiger partial charge on any atom is 0.0549 e. The van der Waals surface area contributed by atoms with Crippen molar-refractivity contribution in [3.63, 3.8) is 0 Å². The van der Waals surface area contributed by atoms with E-state index in [4.69, 9.17) is 0 Å². The van der Waals surface area contributed by atoms with Crippen LogP contribution in [0.5, 0.6) is 0 Å². The van der Waals surface area contributed by atoms with Gasteiger partial charge in [-0.25, -0.2) is 0 Å². The molecule has 80 valence electrons. The summed E-state index contributed by atoms with van der Waals surface area (Å²) in [6, 6.07) is 0.573. The van der Waals surface area contributed by atoms with Gasteiger partial charge in [0.1, 0.15) is 0 Å². The van der Waals surface area contributed by atoms with Gasteiger partial charge < -0.3 is 10.4 Å². The minimum Gasteiger partial charge on any atom is -0.393 e. The van der Waals surface area contributed by atoms with Crippen LogP contribution in [0.25, 0.3) is 0 Å². The molecule has 2 N–H and O–H groups in total. The van der Waals surface area contributed by atoms with Crippen LogP contribution in [-0.4, -0.2) is 23.8 Å². The molecule has 0 saturated carbocycles. The van der Waals surface area contributed by atoms with Crippen LogP contribution in [0, 0.1) is 5.92 Å². The highest BCUT2D eigenvalue weighted by molar-refractivity contribution is 4.64. The molecule has 0 bridgehead atoms. The molecule has 0 rings (SSSR count). The zero-order valence-electron chi connectivity index (χ0n) is 9.51. The summed E-state index contributed by atoms with van der Waals surface area (Å²) >= 11 is 0. The molecular formula is C11H25NO. The molecular weight excluding hydrogens is 162 g/mol. The Morgan fingerprint density at radius 3 is 2.31 bits per heavy atom. The monoisotopic (exact) mass is 187 g/mol. The van der Waals surface area contributed by atoms with Crippen molar-refractivity contribution in [2.24, 2.45) is 5.92 Å². The summed E-state index contributed by atoms with van der Waals surface area (Å²) in [5.41, 5.74) is 0. The van der Waals surface area contributed by atoms with E-state index in [0.717, 1.165) is 25.3 Å². The minimum atomic E-state index is -0.126. The first kappa shape index (κ1) is 12.9. The second kappa shape index (κ2) is 7.34. The van der Waals surface area contributed by atoms with Crippen LogP contribution in [0.1, 0.15) is 47.0 Å². The van der Waals surface area contributed by atoms with Crippen molar-refractivity contribution in [3.05, 3.63) is 0 Å². The Labute approximate surface area is 82.7 Å². The molecule has 2 unspecified atom stereocenters. The van der Waals surface area contributed by atoms with E-state index in [1.54, 1.807) is 0 Å². The van der Waals surface area contributed by atoms with Crippen LogP contribution in [0.3, 0.4) is 0 Å². The van der Waals surface area contributed by atoms with E-state index >= 15 is 0 Å². The van der Waals surface area contributed by atoms with E-state index in [1.165, 1.54) is 6.42 Å². The largest absolute Gasteiger partial charge is 0.393 e. The fourth-order valence-corrected chi connectivity index (χ4v) is 1.49. The molecule has 2 nitrogen and oxygen atoms in total. The molecule has 13 heavy (non-hydrogen) atoms. The normalized spacial score (nSPS) is 16.2. The van der Waals surface area contributed by atoms with Crippen molar-refractivity contribution >= 4 is 0 Å². The third-order valence-electron chi connectivity index (χ3n) is 2.27. The fourth-order valence-electron chi connectivity index (χ4n) is 1.49. The van der Waals surface area contributed by atoms with Crippen LogP contribution in [-0.2, 0) is 0 Å². The highest BCUT2D eigenvalue weighted by Gasteiger charge is 2.05. The number of aliphatic hydroxyl groups is 1. The Bertz CT molecular complexity index is 115. The van der Waals surface area contributed by atoms with Gasteiger partial charge in [0.2, 0.25) is 0 Å². The van der Waals surface area contributed by atoms with E-state index in [0.29, 0.717) is 6.04 Å². The third-order valence-corrected chi connectivity index (χ3v) is 2.27. The molecule has 0 amide bonds. The SMILES string of the molecule is CCC(O)CCNC(C)CC(C)C. The lowest BCUT2D eigenvalue weighted by molar-refractivity contribution is 0.158. The minimum absolute atomic E-state index is 0.126. The summed E-state index contributed by atoms with van der Waals surface area (Å²) in [5, 5.41) is 12.7. The van der Waals surface area contributed by atoms with Crippen molar-refractivity contribution in [2.45, 2.75) is 59.1 Å². The standard InChI is InChI=1S/C11H25NO/c1-5-11(13)6-7-12-10(4)8-9(2)3/h9-13H,5-8H2,1-4H3. The van der Waals surface area contributed by atoms with Crippen molar-refractivity contribution in [1.29, 1.82) is 0 Å². The highest BCUT2D eigenvalue weighted by Crippen LogP contribution is 2.04. The van der Waals surface area contributed by atoms with Gasteiger partial charge in [0, 0.05) is 6.04 Å². The second-order valence-electron chi connectivity index (χ2n) is 4.34. The zero-order chi connectivity index (χ0) is 10.3. The van der Waals surface area contributed by atoms with Gasteiger partial charge in [-0.15, -0.1) is 0 Å². The fraction of sp³-hybridized carbons (Fsp3) is 1.00. The molecule has 2 heteroatoms. The van der Waals surface area contributed by atoms with Gasteiger partial charge in [-0.05, 0) is 38.6 Å². The lowest BCUT2D eigenvalue weighted by Crippen LogP contribution is -2.30. The summed E-state index contributed by atoms with van der Waals surface area (Å²) in [6.07, 6.45) is 2.82. The van der Waals surface area contributed by atoms with Gasteiger partial charge in [-0.3, -0.25) is 0 Å². The molecule has 0 aromatic rings. The Kier molecular flexibility index (Phi) is 7.29. The average Bonchev–Trinajstić information content (AvgIpc) is 2.02. The molecule has 0 fully saturated rings. The van der Waals surface area contributed by atoms with Crippen LogP contribution >= 0.6 is 0 Å². The molecule has 2 atom stereocenters. The van der Waals surface area contributed by atoms with Crippen molar-refractivity contribution in [3.8, 4) is 0 Å². The number of hydrogen-bond donors (Lipinski definition) is 2. The van der Waals surface area contributed by atoms with Crippen LogP contribution in [0.2, 0.25) is 0 Å². The molecule has 0 aromatic heterocycles. The Hall–Kier alpha value is -0.0800. The Morgan fingerprint density at radius 2 is 1.85 bits per heavy atom. The Balaban J connectivity index is 3.31. The van der Waals surface area contributed by atoms with Crippen LogP contribution < -0.4 is 5.32 Å². The summed E-state index contributed by atoms with van der Waals surface area (Å²) in [5.74, 6) is 0.749. The second-order valence-corrected chi connectivity index (χ2v) is 4.34. The molecule has 0 aromatic carbocycles. The predicted octanol–water partition coefficient (Wildman–Crippen LogP) is 2.17. The van der Waals surface area contributed by atoms with E-state index in [-0.39, 0.29) is 6.10 Å². The van der Waals surface area contributed by atoms with Crippen LogP contribution in [0.15, 0.2) is 0 Å². The van der Waals surface area contributed by atoms with E-state index in [1.807, 2.05) is 6.92 Å². The summed E-state index contributed by atoms with van der Waals surface area (Å²) in [4.78, 5) is 0. The van der Waals surface area contributed by atoms with Crippen molar-refractivity contribution in [2.75, 3.05) is 6.54 Å². The quantitative estimate of drug-likeness (QED) is 0.640. The first-order valence-electron chi connectivity index (χ1n) is 5.47. The van der Waals surface area contributed by atoms with E-state index < -0.39 is 0 Å². The number of rotatable bonds is 7. The van der Waals surface area contributed by atoms with Gasteiger partial charge in [0.05, 0.1) is 6.10 Å². The van der Waals surface area contributed by atoms with Gasteiger partial charge in [-0.1, -0.05) is 20.8 Å². The van der Waals surface area contributed by atoms with Gasteiger partial charge in [0.25, 0.3) is 0 Å². The maximum atomic E-state index is 9.31. The van der Waals surface area contributed by atoms with Gasteiger partial charge >= 0.3 is 0 Å². The van der Waals surface area contributed by atoms with Gasteiger partial charge in [-0.2, -0.15) is 0 Å². The first-order chi connectivity index (χ1) is 6.06. The third kappa shape index (κ3) is 8.26. The number of aliphatic hydroxyl groups excluding tert-OH is 1. The zero-order valence-corrected chi connectivity index (χ0v) is 9.51. The summed E-state index contributed by atoms with van der Waals surface area (Å²) in [6.45, 7) is 9.63. The first-order valence-corrected chi connectivity index (χ1v) is 5.47. The molecule has 0 aliphatic carbocycles. The predicted molar refractivity (Wildman–Crippen MR) is 57.8 cm³/mol. The molecule has 0 saturated heterocycles. The number of nitrogens with one attached hydrogen (secondary N) is 1. The topological polar surface area (TPSA) is 32.3 Å². The Morgan fingerprint density at radius 1 is 1.23 bits per heavy atom. The molecule has 0 aliphatic rings. The summed E-state index contributed by atoms with van der Waals surface area (Å²) < 4.78 is 0. The molecule has 0 heterocycles. The maximum absolute atomic E-state index is 9.31. The highest BCUT2D eigenvalue weighted by atomic mass is 16.3. The smallest absolute Gasteiger partial charge is 0.0549 e. The van der Waals surface area contributed by atoms with E-state index in [9.17, 15) is 5.11 Å². The van der Waals surface area contributed by atoms with Crippen molar-refractivity contribution in [1.82, 2.24) is 5.32 Å². The lowest BCUT2D eigenvalue weighted by Gasteiger charge is -2.16. The van der Waals surface area contributed by atoms with Crippen molar-refractivity contribution < 1.29 is 5.11 Å². The lowest BCUT2D eigenvalue weighted by atomic mass is 10.1. The van der Waals surface area contributed by atoms with Crippen LogP contribution in [0.4, 0.5) is 0 Å².